The second-order valence-corrected chi connectivity index (χ2v) is 7.00. The van der Waals surface area contributed by atoms with Crippen LogP contribution in [0.2, 0.25) is 5.02 Å². The molecule has 0 heterocycles. The molecule has 2 rings (SSSR count). The maximum Gasteiger partial charge on any atom is 0.337 e. The van der Waals surface area contributed by atoms with E-state index in [0.717, 1.165) is 5.69 Å². The third-order valence-corrected chi connectivity index (χ3v) is 3.82. The highest BCUT2D eigenvalue weighted by Gasteiger charge is 2.21. The van der Waals surface area contributed by atoms with Gasteiger partial charge in [0.1, 0.15) is 0 Å². The highest BCUT2D eigenvalue weighted by Crippen LogP contribution is 2.28. The Kier molecular flexibility index (Phi) is 5.69. The molecule has 0 fully saturated rings. The summed E-state index contributed by atoms with van der Waals surface area (Å²) in [5, 5.41) is 6.50. The molecule has 6 heteroatoms. The maximum atomic E-state index is 12.0. The van der Waals surface area contributed by atoms with Crippen LogP contribution in [0.1, 0.15) is 31.1 Å². The van der Waals surface area contributed by atoms with Gasteiger partial charge in [-0.15, -0.1) is 0 Å². The summed E-state index contributed by atoms with van der Waals surface area (Å²) in [5.41, 5.74) is 2.02. The SMILES string of the molecule is COC(=O)c1ccc(Cl)c(Nc2ccc(NC(=O)C(C)(C)C)cc2)c1. The number of benzene rings is 2. The number of carbonyl (C=O) groups is 2. The number of ether oxygens (including phenoxy) is 1. The highest BCUT2D eigenvalue weighted by atomic mass is 35.5. The molecule has 0 saturated carbocycles. The number of hydrogen-bond acceptors (Lipinski definition) is 4. The molecular weight excluding hydrogens is 340 g/mol. The molecule has 0 aliphatic rings. The van der Waals surface area contributed by atoms with E-state index in [0.29, 0.717) is 22.0 Å². The fraction of sp³-hybridized carbons (Fsp3) is 0.263. The second-order valence-electron chi connectivity index (χ2n) is 6.59. The van der Waals surface area contributed by atoms with E-state index in [4.69, 9.17) is 16.3 Å². The molecule has 0 saturated heterocycles. The van der Waals surface area contributed by atoms with Gasteiger partial charge in [0.15, 0.2) is 0 Å². The summed E-state index contributed by atoms with van der Waals surface area (Å²) >= 11 is 6.17. The number of methoxy groups -OCH3 is 1. The molecule has 132 valence electrons. The lowest BCUT2D eigenvalue weighted by atomic mass is 9.95. The van der Waals surface area contributed by atoms with Gasteiger partial charge in [0.25, 0.3) is 0 Å². The van der Waals surface area contributed by atoms with E-state index in [2.05, 4.69) is 10.6 Å². The summed E-state index contributed by atoms with van der Waals surface area (Å²) < 4.78 is 4.71. The number of hydrogen-bond donors (Lipinski definition) is 2. The van der Waals surface area contributed by atoms with Crippen molar-refractivity contribution in [2.45, 2.75) is 20.8 Å². The number of nitrogens with one attached hydrogen (secondary N) is 2. The summed E-state index contributed by atoms with van der Waals surface area (Å²) in [6.07, 6.45) is 0. The Morgan fingerprint density at radius 3 is 2.16 bits per heavy atom. The number of rotatable bonds is 4. The molecule has 0 spiro atoms. The van der Waals surface area contributed by atoms with Crippen molar-refractivity contribution >= 4 is 40.5 Å². The van der Waals surface area contributed by atoms with Crippen LogP contribution >= 0.6 is 11.6 Å². The van der Waals surface area contributed by atoms with Crippen LogP contribution in [0, 0.1) is 5.41 Å². The van der Waals surface area contributed by atoms with Crippen molar-refractivity contribution in [3.05, 3.63) is 53.1 Å². The van der Waals surface area contributed by atoms with Crippen molar-refractivity contribution in [1.29, 1.82) is 0 Å². The standard InChI is InChI=1S/C19H21ClN2O3/c1-19(2,3)18(24)22-14-8-6-13(7-9-14)21-16-11-12(17(23)25-4)5-10-15(16)20/h5-11,21H,1-4H3,(H,22,24). The van der Waals surface area contributed by atoms with Crippen LogP contribution < -0.4 is 10.6 Å². The molecule has 0 aliphatic heterocycles. The zero-order valence-corrected chi connectivity index (χ0v) is 15.4. The summed E-state index contributed by atoms with van der Waals surface area (Å²) in [4.78, 5) is 23.6. The van der Waals surface area contributed by atoms with Gasteiger partial charge in [-0.1, -0.05) is 32.4 Å². The first-order valence-corrected chi connectivity index (χ1v) is 8.15. The van der Waals surface area contributed by atoms with Crippen LogP contribution in [-0.4, -0.2) is 19.0 Å². The van der Waals surface area contributed by atoms with Gasteiger partial charge in [0.2, 0.25) is 5.91 Å². The Balaban J connectivity index is 2.14. The van der Waals surface area contributed by atoms with Gasteiger partial charge in [0.05, 0.1) is 23.4 Å². The summed E-state index contributed by atoms with van der Waals surface area (Å²) in [7, 11) is 1.33. The van der Waals surface area contributed by atoms with Crippen LogP contribution in [0.3, 0.4) is 0 Å². The van der Waals surface area contributed by atoms with Gasteiger partial charge in [0, 0.05) is 16.8 Å². The third kappa shape index (κ3) is 4.97. The fourth-order valence-electron chi connectivity index (χ4n) is 1.98. The molecule has 5 nitrogen and oxygen atoms in total. The number of carbonyl (C=O) groups excluding carboxylic acids is 2. The second kappa shape index (κ2) is 7.57. The third-order valence-electron chi connectivity index (χ3n) is 3.49. The minimum Gasteiger partial charge on any atom is -0.465 e. The lowest BCUT2D eigenvalue weighted by molar-refractivity contribution is -0.123. The van der Waals surface area contributed by atoms with Crippen LogP contribution in [0.15, 0.2) is 42.5 Å². The number of halogens is 1. The van der Waals surface area contributed by atoms with Crippen LogP contribution in [0.25, 0.3) is 0 Å². The van der Waals surface area contributed by atoms with Crippen molar-refractivity contribution in [3.63, 3.8) is 0 Å². The van der Waals surface area contributed by atoms with Crippen molar-refractivity contribution in [1.82, 2.24) is 0 Å². The average molecular weight is 361 g/mol. The van der Waals surface area contributed by atoms with E-state index in [-0.39, 0.29) is 5.91 Å². The zero-order chi connectivity index (χ0) is 18.6. The van der Waals surface area contributed by atoms with Crippen molar-refractivity contribution in [2.24, 2.45) is 5.41 Å². The predicted molar refractivity (Wildman–Crippen MR) is 101 cm³/mol. The molecule has 0 aliphatic carbocycles. The van der Waals surface area contributed by atoms with Gasteiger partial charge >= 0.3 is 5.97 Å². The molecule has 2 aromatic carbocycles. The molecular formula is C19H21ClN2O3. The summed E-state index contributed by atoms with van der Waals surface area (Å²) in [5.74, 6) is -0.484. The Morgan fingerprint density at radius 2 is 1.60 bits per heavy atom. The fourth-order valence-corrected chi connectivity index (χ4v) is 2.14. The molecule has 0 radical (unpaired) electrons. The molecule has 2 aromatic rings. The van der Waals surface area contributed by atoms with Crippen LogP contribution in [-0.2, 0) is 9.53 Å². The molecule has 1 amide bonds. The van der Waals surface area contributed by atoms with Crippen LogP contribution in [0.4, 0.5) is 17.1 Å². The van der Waals surface area contributed by atoms with E-state index < -0.39 is 11.4 Å². The van der Waals surface area contributed by atoms with E-state index in [1.165, 1.54) is 7.11 Å². The quantitative estimate of drug-likeness (QED) is 0.764. The van der Waals surface area contributed by atoms with Gasteiger partial charge < -0.3 is 15.4 Å². The lowest BCUT2D eigenvalue weighted by Crippen LogP contribution is -2.27. The van der Waals surface area contributed by atoms with Crippen molar-refractivity contribution < 1.29 is 14.3 Å². The topological polar surface area (TPSA) is 67.4 Å². The smallest absolute Gasteiger partial charge is 0.337 e. The molecule has 0 bridgehead atoms. The monoisotopic (exact) mass is 360 g/mol. The normalized spacial score (nSPS) is 10.9. The minimum absolute atomic E-state index is 0.0537. The number of amides is 1. The first kappa shape index (κ1) is 18.8. The molecule has 0 aromatic heterocycles. The van der Waals surface area contributed by atoms with Crippen molar-refractivity contribution in [3.8, 4) is 0 Å². The van der Waals surface area contributed by atoms with E-state index >= 15 is 0 Å². The average Bonchev–Trinajstić information content (AvgIpc) is 2.57. The van der Waals surface area contributed by atoms with Crippen molar-refractivity contribution in [2.75, 3.05) is 17.7 Å². The molecule has 0 atom stereocenters. The maximum absolute atomic E-state index is 12.0. The highest BCUT2D eigenvalue weighted by molar-refractivity contribution is 6.33. The van der Waals surface area contributed by atoms with Gasteiger partial charge in [-0.3, -0.25) is 4.79 Å². The summed E-state index contributed by atoms with van der Waals surface area (Å²) in [6.45, 7) is 5.57. The first-order chi connectivity index (χ1) is 11.7. The zero-order valence-electron chi connectivity index (χ0n) is 14.6. The van der Waals surface area contributed by atoms with Crippen LogP contribution in [0.5, 0.6) is 0 Å². The van der Waals surface area contributed by atoms with E-state index in [1.54, 1.807) is 30.3 Å². The Hall–Kier alpha value is -2.53. The van der Waals surface area contributed by atoms with Gasteiger partial charge in [-0.2, -0.15) is 0 Å². The Morgan fingerprint density at radius 1 is 1.00 bits per heavy atom. The van der Waals surface area contributed by atoms with Gasteiger partial charge in [-0.05, 0) is 42.5 Å². The Labute approximate surface area is 152 Å². The minimum atomic E-state index is -0.460. The predicted octanol–water partition coefficient (Wildman–Crippen LogP) is 4.85. The lowest BCUT2D eigenvalue weighted by Gasteiger charge is -2.18. The van der Waals surface area contributed by atoms with E-state index in [1.807, 2.05) is 32.9 Å². The molecule has 25 heavy (non-hydrogen) atoms. The Bertz CT molecular complexity index is 780. The summed E-state index contributed by atoms with van der Waals surface area (Å²) in [6, 6.07) is 12.1. The van der Waals surface area contributed by atoms with Gasteiger partial charge in [-0.25, -0.2) is 4.79 Å². The number of anilines is 3. The molecule has 0 unspecified atom stereocenters. The first-order valence-electron chi connectivity index (χ1n) is 7.77. The van der Waals surface area contributed by atoms with E-state index in [9.17, 15) is 9.59 Å². The largest absolute Gasteiger partial charge is 0.465 e. The molecule has 2 N–H and O–H groups in total. The number of esters is 1.